The summed E-state index contributed by atoms with van der Waals surface area (Å²) in [7, 11) is 0. The Balaban J connectivity index is 1.45. The molecule has 0 radical (unpaired) electrons. The highest BCUT2D eigenvalue weighted by molar-refractivity contribution is 7.80. The van der Waals surface area contributed by atoms with Crippen LogP contribution in [0.5, 0.6) is 5.75 Å². The SMILES string of the molecule is O=C1NC(=S)N(c2ccc(Cl)cc2)C(=O)/C1=C/c1ccc(OCC(=O)N2CCOCC2)cc1. The van der Waals surface area contributed by atoms with E-state index in [4.69, 9.17) is 33.3 Å². The number of hydrogen-bond donors (Lipinski definition) is 1. The molecule has 2 fully saturated rings. The van der Waals surface area contributed by atoms with Gasteiger partial charge in [-0.25, -0.2) is 0 Å². The highest BCUT2D eigenvalue weighted by Gasteiger charge is 2.34. The minimum atomic E-state index is -0.577. The maximum atomic E-state index is 13.0. The second-order valence-electron chi connectivity index (χ2n) is 7.29. The molecule has 0 unspecified atom stereocenters. The first-order chi connectivity index (χ1) is 15.9. The molecule has 2 heterocycles. The molecule has 0 aliphatic carbocycles. The summed E-state index contributed by atoms with van der Waals surface area (Å²) in [6.45, 7) is 2.10. The largest absolute Gasteiger partial charge is 0.484 e. The van der Waals surface area contributed by atoms with E-state index in [1.54, 1.807) is 53.4 Å². The van der Waals surface area contributed by atoms with E-state index in [-0.39, 0.29) is 23.2 Å². The molecule has 4 rings (SSSR count). The van der Waals surface area contributed by atoms with Gasteiger partial charge in [0.25, 0.3) is 17.7 Å². The van der Waals surface area contributed by atoms with E-state index >= 15 is 0 Å². The first-order valence-electron chi connectivity index (χ1n) is 10.2. The van der Waals surface area contributed by atoms with Gasteiger partial charge in [-0.3, -0.25) is 24.6 Å². The molecule has 0 atom stereocenters. The number of ether oxygens (including phenoxy) is 2. The first-order valence-corrected chi connectivity index (χ1v) is 11.0. The Kier molecular flexibility index (Phi) is 7.02. The zero-order chi connectivity index (χ0) is 23.4. The van der Waals surface area contributed by atoms with Crippen molar-refractivity contribution in [3.05, 3.63) is 64.7 Å². The van der Waals surface area contributed by atoms with E-state index in [2.05, 4.69) is 5.32 Å². The summed E-state index contributed by atoms with van der Waals surface area (Å²) in [6, 6.07) is 13.3. The lowest BCUT2D eigenvalue weighted by Gasteiger charge is -2.29. The second-order valence-corrected chi connectivity index (χ2v) is 8.11. The van der Waals surface area contributed by atoms with Crippen LogP contribution < -0.4 is 15.0 Å². The van der Waals surface area contributed by atoms with E-state index in [0.717, 1.165) is 0 Å². The molecule has 2 aromatic carbocycles. The number of carbonyl (C=O) groups excluding carboxylic acids is 3. The van der Waals surface area contributed by atoms with Crippen molar-refractivity contribution in [3.8, 4) is 5.75 Å². The highest BCUT2D eigenvalue weighted by Crippen LogP contribution is 2.24. The number of nitrogens with zero attached hydrogens (tertiary/aromatic N) is 2. The summed E-state index contributed by atoms with van der Waals surface area (Å²) in [4.78, 5) is 40.6. The van der Waals surface area contributed by atoms with Gasteiger partial charge in [-0.05, 0) is 60.3 Å². The van der Waals surface area contributed by atoms with Crippen LogP contribution in [0.2, 0.25) is 5.02 Å². The number of rotatable bonds is 5. The van der Waals surface area contributed by atoms with Crippen LogP contribution in [0.25, 0.3) is 6.08 Å². The molecule has 8 nitrogen and oxygen atoms in total. The number of thiocarbonyl (C=S) groups is 1. The van der Waals surface area contributed by atoms with Crippen molar-refractivity contribution in [1.82, 2.24) is 10.2 Å². The van der Waals surface area contributed by atoms with E-state index in [9.17, 15) is 14.4 Å². The van der Waals surface area contributed by atoms with Gasteiger partial charge in [-0.1, -0.05) is 23.7 Å². The average molecular weight is 486 g/mol. The molecule has 1 N–H and O–H groups in total. The zero-order valence-electron chi connectivity index (χ0n) is 17.5. The third-order valence-electron chi connectivity index (χ3n) is 5.10. The van der Waals surface area contributed by atoms with Gasteiger partial charge in [0, 0.05) is 18.1 Å². The van der Waals surface area contributed by atoms with Crippen molar-refractivity contribution in [1.29, 1.82) is 0 Å². The number of amides is 3. The average Bonchev–Trinajstić information content (AvgIpc) is 2.82. The summed E-state index contributed by atoms with van der Waals surface area (Å²) < 4.78 is 10.8. The van der Waals surface area contributed by atoms with E-state index in [1.165, 1.54) is 11.0 Å². The van der Waals surface area contributed by atoms with Crippen molar-refractivity contribution in [2.24, 2.45) is 0 Å². The monoisotopic (exact) mass is 485 g/mol. The predicted octanol–water partition coefficient (Wildman–Crippen LogP) is 2.41. The Morgan fingerprint density at radius 1 is 1.09 bits per heavy atom. The second kappa shape index (κ2) is 10.1. The number of benzene rings is 2. The summed E-state index contributed by atoms with van der Waals surface area (Å²) in [5.74, 6) is -0.719. The number of halogens is 1. The van der Waals surface area contributed by atoms with Crippen LogP contribution >= 0.6 is 23.8 Å². The fraction of sp³-hybridized carbons (Fsp3) is 0.217. The van der Waals surface area contributed by atoms with Crippen molar-refractivity contribution < 1.29 is 23.9 Å². The Morgan fingerprint density at radius 2 is 1.76 bits per heavy atom. The van der Waals surface area contributed by atoms with E-state index in [0.29, 0.717) is 48.3 Å². The van der Waals surface area contributed by atoms with Crippen LogP contribution in [0.4, 0.5) is 5.69 Å². The van der Waals surface area contributed by atoms with Gasteiger partial charge in [0.2, 0.25) is 0 Å². The fourth-order valence-corrected chi connectivity index (χ4v) is 3.77. The van der Waals surface area contributed by atoms with Gasteiger partial charge < -0.3 is 14.4 Å². The molecule has 0 saturated carbocycles. The maximum Gasteiger partial charge on any atom is 0.270 e. The zero-order valence-corrected chi connectivity index (χ0v) is 19.0. The number of carbonyl (C=O) groups is 3. The molecule has 2 aliphatic rings. The maximum absolute atomic E-state index is 13.0. The van der Waals surface area contributed by atoms with Crippen LogP contribution in [0.1, 0.15) is 5.56 Å². The molecule has 170 valence electrons. The minimum absolute atomic E-state index is 0.00171. The molecule has 10 heteroatoms. The predicted molar refractivity (Wildman–Crippen MR) is 127 cm³/mol. The molecule has 3 amide bonds. The van der Waals surface area contributed by atoms with Crippen molar-refractivity contribution in [2.45, 2.75) is 0 Å². The highest BCUT2D eigenvalue weighted by atomic mass is 35.5. The van der Waals surface area contributed by atoms with Crippen LogP contribution in [-0.4, -0.2) is 60.6 Å². The lowest BCUT2D eigenvalue weighted by molar-refractivity contribution is -0.137. The Labute approximate surface area is 200 Å². The quantitative estimate of drug-likeness (QED) is 0.397. The van der Waals surface area contributed by atoms with Gasteiger partial charge in [-0.15, -0.1) is 0 Å². The Hall–Kier alpha value is -3.27. The molecule has 0 spiro atoms. The van der Waals surface area contributed by atoms with E-state index in [1.807, 2.05) is 0 Å². The van der Waals surface area contributed by atoms with Crippen molar-refractivity contribution >= 4 is 58.4 Å². The summed E-state index contributed by atoms with van der Waals surface area (Å²) >= 11 is 11.1. The first kappa shape index (κ1) is 22.9. The topological polar surface area (TPSA) is 88.2 Å². The third kappa shape index (κ3) is 5.39. The fourth-order valence-electron chi connectivity index (χ4n) is 3.36. The smallest absolute Gasteiger partial charge is 0.270 e. The van der Waals surface area contributed by atoms with Gasteiger partial charge in [0.05, 0.1) is 18.9 Å². The van der Waals surface area contributed by atoms with Crippen LogP contribution in [0, 0.1) is 0 Å². The van der Waals surface area contributed by atoms with Crippen LogP contribution in [-0.2, 0) is 19.1 Å². The Morgan fingerprint density at radius 3 is 2.42 bits per heavy atom. The van der Waals surface area contributed by atoms with E-state index < -0.39 is 11.8 Å². The van der Waals surface area contributed by atoms with Crippen LogP contribution in [0.15, 0.2) is 54.1 Å². The lowest BCUT2D eigenvalue weighted by Crippen LogP contribution is -2.54. The van der Waals surface area contributed by atoms with Crippen molar-refractivity contribution in [2.75, 3.05) is 37.8 Å². The summed E-state index contributed by atoms with van der Waals surface area (Å²) in [5.41, 5.74) is 1.05. The number of hydrogen-bond acceptors (Lipinski definition) is 6. The van der Waals surface area contributed by atoms with Gasteiger partial charge in [0.1, 0.15) is 11.3 Å². The number of nitrogens with one attached hydrogen (secondary N) is 1. The molecule has 2 aromatic rings. The number of anilines is 1. The molecule has 0 bridgehead atoms. The third-order valence-corrected chi connectivity index (χ3v) is 5.64. The van der Waals surface area contributed by atoms with Gasteiger partial charge in [0.15, 0.2) is 11.7 Å². The van der Waals surface area contributed by atoms with Crippen molar-refractivity contribution in [3.63, 3.8) is 0 Å². The molecule has 33 heavy (non-hydrogen) atoms. The molecule has 2 saturated heterocycles. The Bertz CT molecular complexity index is 1110. The summed E-state index contributed by atoms with van der Waals surface area (Å²) in [5, 5.41) is 3.05. The van der Waals surface area contributed by atoms with Crippen LogP contribution in [0.3, 0.4) is 0 Å². The normalized spacial score (nSPS) is 17.8. The standard InChI is InChI=1S/C23H20ClN3O5S/c24-16-3-5-17(6-4-16)27-22(30)19(21(29)25-23(27)33)13-15-1-7-18(8-2-15)32-14-20(28)26-9-11-31-12-10-26/h1-8,13H,9-12,14H2,(H,25,29,33)/b19-13+. The summed E-state index contributed by atoms with van der Waals surface area (Å²) in [6.07, 6.45) is 1.48. The van der Waals surface area contributed by atoms with Gasteiger partial charge >= 0.3 is 0 Å². The van der Waals surface area contributed by atoms with Gasteiger partial charge in [-0.2, -0.15) is 0 Å². The minimum Gasteiger partial charge on any atom is -0.484 e. The molecule has 2 aliphatic heterocycles. The molecular formula is C23H20ClN3O5S. The molecular weight excluding hydrogens is 466 g/mol. The lowest BCUT2D eigenvalue weighted by atomic mass is 10.1. The molecule has 0 aromatic heterocycles. The number of morpholine rings is 1.